The molecule has 0 aliphatic rings. The fourth-order valence-corrected chi connectivity index (χ4v) is 1.81. The molecule has 2 heterocycles. The Hall–Kier alpha value is -1.62. The first-order valence-corrected chi connectivity index (χ1v) is 6.26. The van der Waals surface area contributed by atoms with Gasteiger partial charge >= 0.3 is 0 Å². The molecule has 2 rings (SSSR count). The maximum Gasteiger partial charge on any atom is 0.137 e. The van der Waals surface area contributed by atoms with Crippen LogP contribution in [0.3, 0.4) is 0 Å². The average molecular weight is 248 g/mol. The van der Waals surface area contributed by atoms with Crippen molar-refractivity contribution in [3.05, 3.63) is 35.8 Å². The van der Waals surface area contributed by atoms with E-state index in [2.05, 4.69) is 35.3 Å². The standard InChI is InChI=1S/C13H20N4O/c1-10(2)5-14-6-12-4-13(18-11(12)3)7-17-9-15-8-16-17/h4,8-10,14H,5-7H2,1-3H3. The Morgan fingerprint density at radius 3 is 2.94 bits per heavy atom. The van der Waals surface area contributed by atoms with Crippen molar-refractivity contribution in [1.29, 1.82) is 0 Å². The van der Waals surface area contributed by atoms with Gasteiger partial charge in [0.15, 0.2) is 0 Å². The maximum atomic E-state index is 5.72. The molecule has 0 saturated heterocycles. The lowest BCUT2D eigenvalue weighted by Gasteiger charge is -2.05. The molecule has 0 bridgehead atoms. The third-order valence-corrected chi connectivity index (χ3v) is 2.72. The SMILES string of the molecule is Cc1oc(Cn2cncn2)cc1CNCC(C)C. The van der Waals surface area contributed by atoms with Crippen molar-refractivity contribution in [2.24, 2.45) is 5.92 Å². The monoisotopic (exact) mass is 248 g/mol. The Kier molecular flexibility index (Phi) is 4.15. The largest absolute Gasteiger partial charge is 0.464 e. The highest BCUT2D eigenvalue weighted by Gasteiger charge is 2.08. The van der Waals surface area contributed by atoms with E-state index in [0.717, 1.165) is 24.6 Å². The number of hydrogen-bond donors (Lipinski definition) is 1. The number of nitrogens with zero attached hydrogens (tertiary/aromatic N) is 3. The number of aromatic nitrogens is 3. The summed E-state index contributed by atoms with van der Waals surface area (Å²) in [7, 11) is 0. The lowest BCUT2D eigenvalue weighted by Crippen LogP contribution is -2.18. The first-order chi connectivity index (χ1) is 8.65. The second-order valence-corrected chi connectivity index (χ2v) is 4.91. The molecule has 98 valence electrons. The van der Waals surface area contributed by atoms with E-state index in [-0.39, 0.29) is 0 Å². The van der Waals surface area contributed by atoms with Crippen LogP contribution in [-0.4, -0.2) is 21.3 Å². The molecule has 0 saturated carbocycles. The Labute approximate surface area is 107 Å². The molecule has 1 N–H and O–H groups in total. The van der Waals surface area contributed by atoms with Crippen LogP contribution in [0.25, 0.3) is 0 Å². The summed E-state index contributed by atoms with van der Waals surface area (Å²) in [5, 5.41) is 7.49. The third-order valence-electron chi connectivity index (χ3n) is 2.72. The van der Waals surface area contributed by atoms with Crippen LogP contribution in [0.2, 0.25) is 0 Å². The second-order valence-electron chi connectivity index (χ2n) is 4.91. The molecule has 0 atom stereocenters. The van der Waals surface area contributed by atoms with Gasteiger partial charge in [-0.2, -0.15) is 5.10 Å². The minimum Gasteiger partial charge on any atom is -0.464 e. The molecule has 0 radical (unpaired) electrons. The predicted molar refractivity (Wildman–Crippen MR) is 69.1 cm³/mol. The molecular weight excluding hydrogens is 228 g/mol. The Morgan fingerprint density at radius 1 is 1.44 bits per heavy atom. The molecule has 5 nitrogen and oxygen atoms in total. The molecule has 0 unspecified atom stereocenters. The molecule has 0 spiro atoms. The van der Waals surface area contributed by atoms with E-state index in [4.69, 9.17) is 4.42 Å². The maximum absolute atomic E-state index is 5.72. The van der Waals surface area contributed by atoms with Gasteiger partial charge in [-0.1, -0.05) is 13.8 Å². The highest BCUT2D eigenvalue weighted by molar-refractivity contribution is 5.20. The molecule has 0 aromatic carbocycles. The molecule has 0 aliphatic heterocycles. The Bertz CT molecular complexity index is 473. The summed E-state index contributed by atoms with van der Waals surface area (Å²) in [5.74, 6) is 2.55. The van der Waals surface area contributed by atoms with Crippen LogP contribution in [0.5, 0.6) is 0 Å². The van der Waals surface area contributed by atoms with Gasteiger partial charge in [-0.25, -0.2) is 9.67 Å². The lowest BCUT2D eigenvalue weighted by atomic mass is 10.2. The highest BCUT2D eigenvalue weighted by atomic mass is 16.3. The Balaban J connectivity index is 1.94. The van der Waals surface area contributed by atoms with Gasteiger partial charge in [-0.05, 0) is 25.5 Å². The summed E-state index contributed by atoms with van der Waals surface area (Å²) in [6.45, 7) is 8.90. The zero-order valence-corrected chi connectivity index (χ0v) is 11.2. The van der Waals surface area contributed by atoms with Crippen molar-refractivity contribution in [2.45, 2.75) is 33.9 Å². The van der Waals surface area contributed by atoms with E-state index in [1.165, 1.54) is 11.9 Å². The van der Waals surface area contributed by atoms with Gasteiger partial charge in [-0.3, -0.25) is 0 Å². The van der Waals surface area contributed by atoms with E-state index in [1.807, 2.05) is 6.92 Å². The lowest BCUT2D eigenvalue weighted by molar-refractivity contribution is 0.455. The number of nitrogens with one attached hydrogen (secondary N) is 1. The molecule has 2 aromatic heterocycles. The molecule has 0 fully saturated rings. The molecule has 2 aromatic rings. The van der Waals surface area contributed by atoms with Crippen LogP contribution in [0.1, 0.15) is 30.9 Å². The minimum atomic E-state index is 0.630. The summed E-state index contributed by atoms with van der Waals surface area (Å²) in [6, 6.07) is 2.09. The normalized spacial score (nSPS) is 11.3. The number of aryl methyl sites for hydroxylation is 1. The fraction of sp³-hybridized carbons (Fsp3) is 0.538. The molecule has 0 aliphatic carbocycles. The summed E-state index contributed by atoms with van der Waals surface area (Å²) in [4.78, 5) is 3.91. The van der Waals surface area contributed by atoms with Crippen LogP contribution in [0.4, 0.5) is 0 Å². The van der Waals surface area contributed by atoms with Gasteiger partial charge in [-0.15, -0.1) is 0 Å². The fourth-order valence-electron chi connectivity index (χ4n) is 1.81. The number of furan rings is 1. The van der Waals surface area contributed by atoms with Gasteiger partial charge in [0.25, 0.3) is 0 Å². The second kappa shape index (κ2) is 5.82. The summed E-state index contributed by atoms with van der Waals surface area (Å²) in [5.41, 5.74) is 1.21. The van der Waals surface area contributed by atoms with Gasteiger partial charge in [0, 0.05) is 12.1 Å². The van der Waals surface area contributed by atoms with Crippen molar-refractivity contribution in [3.63, 3.8) is 0 Å². The summed E-state index contributed by atoms with van der Waals surface area (Å²) in [6.07, 6.45) is 3.22. The van der Waals surface area contributed by atoms with Crippen molar-refractivity contribution in [3.8, 4) is 0 Å². The van der Waals surface area contributed by atoms with Crippen LogP contribution >= 0.6 is 0 Å². The molecule has 5 heteroatoms. The van der Waals surface area contributed by atoms with Gasteiger partial charge in [0.2, 0.25) is 0 Å². The molecule has 0 amide bonds. The van der Waals surface area contributed by atoms with Crippen molar-refractivity contribution in [1.82, 2.24) is 20.1 Å². The van der Waals surface area contributed by atoms with Gasteiger partial charge in [0.05, 0.1) is 0 Å². The molecule has 18 heavy (non-hydrogen) atoms. The topological polar surface area (TPSA) is 55.9 Å². The number of hydrogen-bond acceptors (Lipinski definition) is 4. The predicted octanol–water partition coefficient (Wildman–Crippen LogP) is 1.97. The van der Waals surface area contributed by atoms with E-state index in [0.29, 0.717) is 12.5 Å². The van der Waals surface area contributed by atoms with Crippen molar-refractivity contribution >= 4 is 0 Å². The van der Waals surface area contributed by atoms with Crippen molar-refractivity contribution in [2.75, 3.05) is 6.54 Å². The minimum absolute atomic E-state index is 0.630. The third kappa shape index (κ3) is 3.43. The smallest absolute Gasteiger partial charge is 0.137 e. The summed E-state index contributed by atoms with van der Waals surface area (Å²) >= 11 is 0. The highest BCUT2D eigenvalue weighted by Crippen LogP contribution is 2.15. The zero-order valence-electron chi connectivity index (χ0n) is 11.2. The van der Waals surface area contributed by atoms with Crippen LogP contribution in [0, 0.1) is 12.8 Å². The molecular formula is C13H20N4O. The first kappa shape index (κ1) is 12.8. The van der Waals surface area contributed by atoms with E-state index in [9.17, 15) is 0 Å². The van der Waals surface area contributed by atoms with Gasteiger partial charge < -0.3 is 9.73 Å². The zero-order chi connectivity index (χ0) is 13.0. The average Bonchev–Trinajstić information content (AvgIpc) is 2.90. The summed E-state index contributed by atoms with van der Waals surface area (Å²) < 4.78 is 7.47. The quantitative estimate of drug-likeness (QED) is 0.849. The first-order valence-electron chi connectivity index (χ1n) is 6.26. The van der Waals surface area contributed by atoms with Gasteiger partial charge in [0.1, 0.15) is 30.7 Å². The van der Waals surface area contributed by atoms with Crippen molar-refractivity contribution < 1.29 is 4.42 Å². The number of rotatable bonds is 6. The van der Waals surface area contributed by atoms with Crippen LogP contribution in [0.15, 0.2) is 23.1 Å². The van der Waals surface area contributed by atoms with E-state index < -0.39 is 0 Å². The van der Waals surface area contributed by atoms with E-state index in [1.54, 1.807) is 11.0 Å². The van der Waals surface area contributed by atoms with E-state index >= 15 is 0 Å². The Morgan fingerprint density at radius 2 is 2.28 bits per heavy atom. The van der Waals surface area contributed by atoms with Crippen LogP contribution in [-0.2, 0) is 13.1 Å². The van der Waals surface area contributed by atoms with Crippen LogP contribution < -0.4 is 5.32 Å².